The maximum Gasteiger partial charge on any atom is 0.273 e. The summed E-state index contributed by atoms with van der Waals surface area (Å²) in [5.41, 5.74) is 0.302. The number of hydrogen-bond acceptors (Lipinski definition) is 4. The standard InChI is InChI=1S/C11H16N2O3/c14-9-3-1-2-8(6-9)7-12-11(15)10-4-5-16-13-10/h4-5,8-9,14H,1-3,6-7H2,(H,12,15). The molecule has 5 heteroatoms. The molecule has 1 heterocycles. The lowest BCUT2D eigenvalue weighted by Gasteiger charge is -2.25. The van der Waals surface area contributed by atoms with Crippen LogP contribution in [0, 0.1) is 5.92 Å². The first kappa shape index (κ1) is 11.1. The molecule has 2 unspecified atom stereocenters. The number of carbonyl (C=O) groups excluding carboxylic acids is 1. The van der Waals surface area contributed by atoms with Crippen molar-refractivity contribution in [1.29, 1.82) is 0 Å². The van der Waals surface area contributed by atoms with E-state index >= 15 is 0 Å². The molecule has 1 aromatic rings. The van der Waals surface area contributed by atoms with Gasteiger partial charge in [0.25, 0.3) is 5.91 Å². The van der Waals surface area contributed by atoms with E-state index in [0.29, 0.717) is 18.2 Å². The second-order valence-corrected chi connectivity index (χ2v) is 4.28. The Bertz CT molecular complexity index is 337. The number of aliphatic hydroxyl groups excluding tert-OH is 1. The molecule has 1 saturated carbocycles. The van der Waals surface area contributed by atoms with Crippen molar-refractivity contribution < 1.29 is 14.4 Å². The van der Waals surface area contributed by atoms with Crippen LogP contribution < -0.4 is 5.32 Å². The molecule has 16 heavy (non-hydrogen) atoms. The summed E-state index contributed by atoms with van der Waals surface area (Å²) in [6.45, 7) is 0.600. The minimum absolute atomic E-state index is 0.206. The number of carbonyl (C=O) groups is 1. The third-order valence-corrected chi connectivity index (χ3v) is 2.98. The van der Waals surface area contributed by atoms with Crippen LogP contribution in [0.5, 0.6) is 0 Å². The minimum Gasteiger partial charge on any atom is -0.393 e. The van der Waals surface area contributed by atoms with E-state index in [0.717, 1.165) is 25.7 Å². The molecular weight excluding hydrogens is 208 g/mol. The Balaban J connectivity index is 1.77. The fourth-order valence-corrected chi connectivity index (χ4v) is 2.11. The first-order valence-corrected chi connectivity index (χ1v) is 5.62. The van der Waals surface area contributed by atoms with Crippen LogP contribution >= 0.6 is 0 Å². The molecule has 2 rings (SSSR count). The highest BCUT2D eigenvalue weighted by Gasteiger charge is 2.21. The Morgan fingerprint density at radius 3 is 3.19 bits per heavy atom. The van der Waals surface area contributed by atoms with Crippen molar-refractivity contribution >= 4 is 5.91 Å². The molecular formula is C11H16N2O3. The van der Waals surface area contributed by atoms with Crippen LogP contribution in [0.15, 0.2) is 16.9 Å². The molecule has 0 aliphatic heterocycles. The SMILES string of the molecule is O=C(NCC1CCCC(O)C1)c1ccon1. The van der Waals surface area contributed by atoms with Crippen LogP contribution in [-0.4, -0.2) is 28.8 Å². The number of rotatable bonds is 3. The average molecular weight is 224 g/mol. The second kappa shape index (κ2) is 5.12. The van der Waals surface area contributed by atoms with Gasteiger partial charge in [0.1, 0.15) is 6.26 Å². The Morgan fingerprint density at radius 1 is 1.62 bits per heavy atom. The van der Waals surface area contributed by atoms with Crippen LogP contribution in [0.2, 0.25) is 0 Å². The highest BCUT2D eigenvalue weighted by molar-refractivity contribution is 5.91. The van der Waals surface area contributed by atoms with E-state index in [-0.39, 0.29) is 12.0 Å². The van der Waals surface area contributed by atoms with Gasteiger partial charge in [0, 0.05) is 12.6 Å². The van der Waals surface area contributed by atoms with E-state index < -0.39 is 0 Å². The molecule has 0 saturated heterocycles. The van der Waals surface area contributed by atoms with E-state index in [9.17, 15) is 9.90 Å². The summed E-state index contributed by atoms with van der Waals surface area (Å²) >= 11 is 0. The van der Waals surface area contributed by atoms with Gasteiger partial charge in [-0.2, -0.15) is 0 Å². The summed E-state index contributed by atoms with van der Waals surface area (Å²) in [5.74, 6) is 0.161. The molecule has 1 fully saturated rings. The quantitative estimate of drug-likeness (QED) is 0.801. The molecule has 1 aliphatic rings. The number of nitrogens with one attached hydrogen (secondary N) is 1. The van der Waals surface area contributed by atoms with Crippen LogP contribution in [0.1, 0.15) is 36.2 Å². The lowest BCUT2D eigenvalue weighted by Crippen LogP contribution is -2.33. The second-order valence-electron chi connectivity index (χ2n) is 4.28. The van der Waals surface area contributed by atoms with Gasteiger partial charge in [-0.1, -0.05) is 11.6 Å². The van der Waals surface area contributed by atoms with E-state index in [4.69, 9.17) is 0 Å². The lowest BCUT2D eigenvalue weighted by molar-refractivity contribution is 0.0867. The van der Waals surface area contributed by atoms with Gasteiger partial charge in [0.2, 0.25) is 0 Å². The molecule has 0 bridgehead atoms. The Labute approximate surface area is 93.8 Å². The van der Waals surface area contributed by atoms with Crippen LogP contribution in [0.25, 0.3) is 0 Å². The minimum atomic E-state index is -0.214. The van der Waals surface area contributed by atoms with Crippen LogP contribution in [-0.2, 0) is 0 Å². The van der Waals surface area contributed by atoms with Gasteiger partial charge in [-0.3, -0.25) is 4.79 Å². The predicted octanol–water partition coefficient (Wildman–Crippen LogP) is 0.955. The molecule has 88 valence electrons. The summed E-state index contributed by atoms with van der Waals surface area (Å²) in [6, 6.07) is 1.53. The first-order chi connectivity index (χ1) is 7.75. The maximum absolute atomic E-state index is 11.5. The molecule has 1 aliphatic carbocycles. The highest BCUT2D eigenvalue weighted by atomic mass is 16.5. The van der Waals surface area contributed by atoms with E-state index in [2.05, 4.69) is 15.0 Å². The van der Waals surface area contributed by atoms with Crippen molar-refractivity contribution in [1.82, 2.24) is 10.5 Å². The zero-order valence-corrected chi connectivity index (χ0v) is 9.06. The van der Waals surface area contributed by atoms with Gasteiger partial charge < -0.3 is 14.9 Å². The van der Waals surface area contributed by atoms with Crippen LogP contribution in [0.4, 0.5) is 0 Å². The average Bonchev–Trinajstić information content (AvgIpc) is 2.79. The Hall–Kier alpha value is -1.36. The fraction of sp³-hybridized carbons (Fsp3) is 0.636. The van der Waals surface area contributed by atoms with Gasteiger partial charge in [0.15, 0.2) is 5.69 Å². The molecule has 5 nitrogen and oxygen atoms in total. The number of aromatic nitrogens is 1. The third kappa shape index (κ3) is 2.82. The molecule has 1 amide bonds. The van der Waals surface area contributed by atoms with Crippen molar-refractivity contribution in [2.24, 2.45) is 5.92 Å². The smallest absolute Gasteiger partial charge is 0.273 e. The third-order valence-electron chi connectivity index (χ3n) is 2.98. The van der Waals surface area contributed by atoms with Gasteiger partial charge in [-0.25, -0.2) is 0 Å². The maximum atomic E-state index is 11.5. The van der Waals surface area contributed by atoms with Gasteiger partial charge in [-0.05, 0) is 25.2 Å². The molecule has 2 N–H and O–H groups in total. The fourth-order valence-electron chi connectivity index (χ4n) is 2.11. The summed E-state index contributed by atoms with van der Waals surface area (Å²) < 4.78 is 4.59. The van der Waals surface area contributed by atoms with E-state index in [1.807, 2.05) is 0 Å². The van der Waals surface area contributed by atoms with Gasteiger partial charge >= 0.3 is 0 Å². The lowest BCUT2D eigenvalue weighted by atomic mass is 9.87. The van der Waals surface area contributed by atoms with Gasteiger partial charge in [0.05, 0.1) is 6.10 Å². The zero-order chi connectivity index (χ0) is 11.4. The summed E-state index contributed by atoms with van der Waals surface area (Å²) in [7, 11) is 0. The van der Waals surface area contributed by atoms with Crippen molar-refractivity contribution in [3.05, 3.63) is 18.0 Å². The largest absolute Gasteiger partial charge is 0.393 e. The number of aliphatic hydroxyl groups is 1. The summed E-state index contributed by atoms with van der Waals surface area (Å²) in [5, 5.41) is 15.8. The highest BCUT2D eigenvalue weighted by Crippen LogP contribution is 2.23. The van der Waals surface area contributed by atoms with Crippen molar-refractivity contribution in [2.75, 3.05) is 6.54 Å². The van der Waals surface area contributed by atoms with E-state index in [1.54, 1.807) is 0 Å². The molecule has 2 atom stereocenters. The molecule has 0 aromatic carbocycles. The van der Waals surface area contributed by atoms with Crippen molar-refractivity contribution in [3.63, 3.8) is 0 Å². The topological polar surface area (TPSA) is 75.4 Å². The molecule has 0 spiro atoms. The molecule has 0 radical (unpaired) electrons. The first-order valence-electron chi connectivity index (χ1n) is 5.62. The summed E-state index contributed by atoms with van der Waals surface area (Å²) in [6.07, 6.45) is 4.93. The normalized spacial score (nSPS) is 25.3. The number of nitrogens with zero attached hydrogens (tertiary/aromatic N) is 1. The van der Waals surface area contributed by atoms with Crippen LogP contribution in [0.3, 0.4) is 0 Å². The Morgan fingerprint density at radius 2 is 2.50 bits per heavy atom. The Kier molecular flexibility index (Phi) is 3.56. The zero-order valence-electron chi connectivity index (χ0n) is 9.06. The van der Waals surface area contributed by atoms with Gasteiger partial charge in [-0.15, -0.1) is 0 Å². The summed E-state index contributed by atoms with van der Waals surface area (Å²) in [4.78, 5) is 11.5. The predicted molar refractivity (Wildman–Crippen MR) is 56.8 cm³/mol. The number of amides is 1. The van der Waals surface area contributed by atoms with Crippen molar-refractivity contribution in [2.45, 2.75) is 31.8 Å². The molecule has 1 aromatic heterocycles. The number of hydrogen-bond donors (Lipinski definition) is 2. The van der Waals surface area contributed by atoms with Crippen molar-refractivity contribution in [3.8, 4) is 0 Å². The monoisotopic (exact) mass is 224 g/mol. The van der Waals surface area contributed by atoms with E-state index in [1.165, 1.54) is 12.3 Å².